The molecular weight excluding hydrogens is 254 g/mol. The summed E-state index contributed by atoms with van der Waals surface area (Å²) in [4.78, 5) is 14.2. The molecule has 108 valence electrons. The van der Waals surface area contributed by atoms with Crippen LogP contribution in [-0.2, 0) is 9.53 Å². The van der Waals surface area contributed by atoms with Crippen LogP contribution in [0.5, 0.6) is 5.75 Å². The van der Waals surface area contributed by atoms with Crippen molar-refractivity contribution in [3.8, 4) is 5.75 Å². The number of hydrogen-bond donors (Lipinski definition) is 1. The van der Waals surface area contributed by atoms with Gasteiger partial charge in [0.1, 0.15) is 11.9 Å². The fourth-order valence-corrected chi connectivity index (χ4v) is 3.16. The fraction of sp³-hybridized carbons (Fsp3) is 0.562. The Morgan fingerprint density at radius 2 is 1.85 bits per heavy atom. The second-order valence-corrected chi connectivity index (χ2v) is 5.69. The number of phenolic OH excluding ortho intramolecular Hbond substituents is 1. The van der Waals surface area contributed by atoms with Gasteiger partial charge in [0.2, 0.25) is 0 Å². The number of rotatable bonds is 2. The molecule has 3 rings (SSSR count). The van der Waals surface area contributed by atoms with Gasteiger partial charge in [0, 0.05) is 19.7 Å². The van der Waals surface area contributed by atoms with Gasteiger partial charge in [-0.15, -0.1) is 0 Å². The van der Waals surface area contributed by atoms with E-state index < -0.39 is 0 Å². The summed E-state index contributed by atoms with van der Waals surface area (Å²) in [6, 6.07) is 7.44. The smallest absolute Gasteiger partial charge is 0.251 e. The molecule has 0 radical (unpaired) electrons. The third-order valence-electron chi connectivity index (χ3n) is 4.38. The zero-order valence-electron chi connectivity index (χ0n) is 11.6. The van der Waals surface area contributed by atoms with Gasteiger partial charge in [0.05, 0.1) is 0 Å². The highest BCUT2D eigenvalue weighted by Crippen LogP contribution is 2.29. The third kappa shape index (κ3) is 2.80. The van der Waals surface area contributed by atoms with Gasteiger partial charge in [0.25, 0.3) is 5.91 Å². The minimum Gasteiger partial charge on any atom is -0.508 e. The van der Waals surface area contributed by atoms with Gasteiger partial charge in [-0.3, -0.25) is 4.79 Å². The average molecular weight is 275 g/mol. The Morgan fingerprint density at radius 1 is 1.15 bits per heavy atom. The normalized spacial score (nSPS) is 24.0. The van der Waals surface area contributed by atoms with E-state index in [1.165, 1.54) is 5.56 Å². The van der Waals surface area contributed by atoms with Crippen molar-refractivity contribution in [2.45, 2.75) is 37.7 Å². The van der Waals surface area contributed by atoms with Crippen LogP contribution in [0.25, 0.3) is 0 Å². The van der Waals surface area contributed by atoms with Crippen LogP contribution in [0.4, 0.5) is 0 Å². The molecule has 0 aromatic heterocycles. The minimum atomic E-state index is -0.194. The highest BCUT2D eigenvalue weighted by molar-refractivity contribution is 5.81. The molecule has 1 N–H and O–H groups in total. The molecule has 1 aromatic carbocycles. The molecule has 4 nitrogen and oxygen atoms in total. The first kappa shape index (κ1) is 13.4. The summed E-state index contributed by atoms with van der Waals surface area (Å²) in [6.07, 6.45) is 3.66. The molecular formula is C16H21NO3. The second kappa shape index (κ2) is 5.83. The molecule has 1 aromatic rings. The van der Waals surface area contributed by atoms with Crippen LogP contribution >= 0.6 is 0 Å². The van der Waals surface area contributed by atoms with Crippen molar-refractivity contribution in [1.29, 1.82) is 0 Å². The number of piperidine rings is 1. The van der Waals surface area contributed by atoms with E-state index >= 15 is 0 Å². The molecule has 2 fully saturated rings. The van der Waals surface area contributed by atoms with Crippen LogP contribution in [0.15, 0.2) is 24.3 Å². The molecule has 2 heterocycles. The molecule has 2 saturated heterocycles. The van der Waals surface area contributed by atoms with Crippen LogP contribution in [-0.4, -0.2) is 41.7 Å². The zero-order valence-corrected chi connectivity index (χ0v) is 11.6. The number of amides is 1. The maximum absolute atomic E-state index is 12.3. The highest BCUT2D eigenvalue weighted by atomic mass is 16.5. The van der Waals surface area contributed by atoms with Gasteiger partial charge in [0.15, 0.2) is 0 Å². The van der Waals surface area contributed by atoms with Crippen molar-refractivity contribution in [3.63, 3.8) is 0 Å². The lowest BCUT2D eigenvalue weighted by molar-refractivity contribution is -0.142. The lowest BCUT2D eigenvalue weighted by Gasteiger charge is -2.33. The third-order valence-corrected chi connectivity index (χ3v) is 4.38. The summed E-state index contributed by atoms with van der Waals surface area (Å²) in [5, 5.41) is 9.32. The van der Waals surface area contributed by atoms with Crippen molar-refractivity contribution in [2.75, 3.05) is 19.7 Å². The zero-order chi connectivity index (χ0) is 13.9. The van der Waals surface area contributed by atoms with Gasteiger partial charge < -0.3 is 14.7 Å². The summed E-state index contributed by atoms with van der Waals surface area (Å²) in [5.74, 6) is 0.968. The van der Waals surface area contributed by atoms with Crippen LogP contribution in [0.3, 0.4) is 0 Å². The lowest BCUT2D eigenvalue weighted by Crippen LogP contribution is -2.43. The molecule has 1 unspecified atom stereocenters. The first-order valence-corrected chi connectivity index (χ1v) is 7.43. The monoisotopic (exact) mass is 275 g/mol. The predicted octanol–water partition coefficient (Wildman–Crippen LogP) is 2.28. The van der Waals surface area contributed by atoms with Crippen LogP contribution in [0.1, 0.15) is 37.2 Å². The van der Waals surface area contributed by atoms with E-state index in [0.29, 0.717) is 11.7 Å². The summed E-state index contributed by atoms with van der Waals surface area (Å²) < 4.78 is 5.47. The molecule has 2 aliphatic rings. The van der Waals surface area contributed by atoms with Crippen LogP contribution < -0.4 is 0 Å². The van der Waals surface area contributed by atoms with Crippen molar-refractivity contribution in [1.82, 2.24) is 4.90 Å². The Kier molecular flexibility index (Phi) is 3.92. The Bertz CT molecular complexity index is 457. The van der Waals surface area contributed by atoms with Gasteiger partial charge in [-0.25, -0.2) is 0 Å². The molecule has 2 aliphatic heterocycles. The van der Waals surface area contributed by atoms with E-state index in [1.54, 1.807) is 12.1 Å². The molecule has 4 heteroatoms. The van der Waals surface area contributed by atoms with Gasteiger partial charge >= 0.3 is 0 Å². The highest BCUT2D eigenvalue weighted by Gasteiger charge is 2.31. The average Bonchev–Trinajstić information content (AvgIpc) is 3.02. The second-order valence-electron chi connectivity index (χ2n) is 5.69. The number of likely N-dealkylation sites (tertiary alicyclic amines) is 1. The van der Waals surface area contributed by atoms with E-state index in [4.69, 9.17) is 4.74 Å². The predicted molar refractivity (Wildman–Crippen MR) is 75.6 cm³/mol. The van der Waals surface area contributed by atoms with Gasteiger partial charge in [-0.1, -0.05) is 12.1 Å². The number of carbonyl (C=O) groups excluding carboxylic acids is 1. The SMILES string of the molecule is O=C(C1CCCO1)N1CCC(c2ccc(O)cc2)CC1. The number of hydrogen-bond acceptors (Lipinski definition) is 3. The van der Waals surface area contributed by atoms with E-state index in [-0.39, 0.29) is 12.0 Å². The van der Waals surface area contributed by atoms with Crippen molar-refractivity contribution >= 4 is 5.91 Å². The topological polar surface area (TPSA) is 49.8 Å². The van der Waals surface area contributed by atoms with E-state index in [0.717, 1.165) is 45.4 Å². The van der Waals surface area contributed by atoms with E-state index in [1.807, 2.05) is 17.0 Å². The number of carbonyl (C=O) groups is 1. The molecule has 1 atom stereocenters. The molecule has 1 amide bonds. The number of benzene rings is 1. The van der Waals surface area contributed by atoms with E-state index in [9.17, 15) is 9.90 Å². The molecule has 0 bridgehead atoms. The largest absolute Gasteiger partial charge is 0.508 e. The van der Waals surface area contributed by atoms with E-state index in [2.05, 4.69) is 0 Å². The summed E-state index contributed by atoms with van der Waals surface area (Å²) in [7, 11) is 0. The van der Waals surface area contributed by atoms with Crippen molar-refractivity contribution in [3.05, 3.63) is 29.8 Å². The summed E-state index contributed by atoms with van der Waals surface area (Å²) in [5.41, 5.74) is 1.26. The Labute approximate surface area is 119 Å². The Morgan fingerprint density at radius 3 is 2.45 bits per heavy atom. The minimum absolute atomic E-state index is 0.173. The molecule has 0 saturated carbocycles. The van der Waals surface area contributed by atoms with Crippen LogP contribution in [0.2, 0.25) is 0 Å². The molecule has 0 aliphatic carbocycles. The van der Waals surface area contributed by atoms with Crippen LogP contribution in [0, 0.1) is 0 Å². The number of nitrogens with zero attached hydrogens (tertiary/aromatic N) is 1. The van der Waals surface area contributed by atoms with Crippen molar-refractivity contribution in [2.24, 2.45) is 0 Å². The van der Waals surface area contributed by atoms with Gasteiger partial charge in [-0.2, -0.15) is 0 Å². The first-order valence-electron chi connectivity index (χ1n) is 7.43. The maximum atomic E-state index is 12.3. The summed E-state index contributed by atoms with van der Waals surface area (Å²) >= 11 is 0. The quantitative estimate of drug-likeness (QED) is 0.901. The number of aromatic hydroxyl groups is 1. The molecule has 0 spiro atoms. The summed E-state index contributed by atoms with van der Waals surface area (Å²) in [6.45, 7) is 2.34. The van der Waals surface area contributed by atoms with Gasteiger partial charge in [-0.05, 0) is 49.3 Å². The Hall–Kier alpha value is -1.55. The number of ether oxygens (including phenoxy) is 1. The first-order chi connectivity index (χ1) is 9.74. The lowest BCUT2D eigenvalue weighted by atomic mass is 9.89. The number of phenols is 1. The Balaban J connectivity index is 1.56. The fourth-order valence-electron chi connectivity index (χ4n) is 3.16. The molecule has 20 heavy (non-hydrogen) atoms. The standard InChI is InChI=1S/C16H21NO3/c18-14-5-3-12(4-6-14)13-7-9-17(10-8-13)16(19)15-2-1-11-20-15/h3-6,13,15,18H,1-2,7-11H2. The van der Waals surface area contributed by atoms with Crippen molar-refractivity contribution < 1.29 is 14.6 Å². The maximum Gasteiger partial charge on any atom is 0.251 e.